The van der Waals surface area contributed by atoms with Crippen molar-refractivity contribution in [2.24, 2.45) is 0 Å². The van der Waals surface area contributed by atoms with E-state index < -0.39 is 0 Å². The predicted molar refractivity (Wildman–Crippen MR) is 111 cm³/mol. The summed E-state index contributed by atoms with van der Waals surface area (Å²) in [6.07, 6.45) is 2.95. The van der Waals surface area contributed by atoms with E-state index in [1.54, 1.807) is 15.9 Å². The first kappa shape index (κ1) is 17.5. The van der Waals surface area contributed by atoms with E-state index in [0.29, 0.717) is 5.52 Å². The molecule has 1 aromatic carbocycles. The van der Waals surface area contributed by atoms with Gasteiger partial charge < -0.3 is 10.2 Å². The Kier molecular flexibility index (Phi) is 4.25. The van der Waals surface area contributed by atoms with Crippen molar-refractivity contribution >= 4 is 32.3 Å². The van der Waals surface area contributed by atoms with Gasteiger partial charge in [0.25, 0.3) is 0 Å². The molecule has 4 aromatic rings. The SMILES string of the molecule is Cc1cn2nc(-c3cc(F)c4nc(N5CCCNCC5)sc4c3)cc(C)c2n1. The minimum Gasteiger partial charge on any atom is -0.347 e. The van der Waals surface area contributed by atoms with Gasteiger partial charge in [0.1, 0.15) is 5.52 Å². The van der Waals surface area contributed by atoms with E-state index in [9.17, 15) is 4.39 Å². The molecule has 0 saturated carbocycles. The fourth-order valence-electron chi connectivity index (χ4n) is 3.68. The van der Waals surface area contributed by atoms with Crippen molar-refractivity contribution in [3.63, 3.8) is 0 Å². The molecule has 0 unspecified atom stereocenters. The highest BCUT2D eigenvalue weighted by molar-refractivity contribution is 7.22. The van der Waals surface area contributed by atoms with Crippen LogP contribution in [0.4, 0.5) is 9.52 Å². The maximum absolute atomic E-state index is 14.9. The first-order valence-electron chi connectivity index (χ1n) is 9.48. The van der Waals surface area contributed by atoms with Gasteiger partial charge in [0.05, 0.1) is 22.3 Å². The standard InChI is InChI=1S/C20H21FN6S/c1-12-8-16(25-27-11-13(2)23-19(12)27)14-9-15(21)18-17(10-14)28-20(24-18)26-6-3-4-22-5-7-26/h8-11,22H,3-7H2,1-2H3. The van der Waals surface area contributed by atoms with Crippen molar-refractivity contribution < 1.29 is 4.39 Å². The smallest absolute Gasteiger partial charge is 0.186 e. The normalized spacial score (nSPS) is 15.5. The van der Waals surface area contributed by atoms with Gasteiger partial charge in [0.2, 0.25) is 0 Å². The molecule has 144 valence electrons. The minimum absolute atomic E-state index is 0.302. The van der Waals surface area contributed by atoms with Crippen LogP contribution in [0.25, 0.3) is 27.1 Å². The first-order valence-corrected chi connectivity index (χ1v) is 10.3. The molecule has 1 N–H and O–H groups in total. The number of benzene rings is 1. The highest BCUT2D eigenvalue weighted by Crippen LogP contribution is 2.34. The number of aryl methyl sites for hydroxylation is 2. The molecule has 6 nitrogen and oxygen atoms in total. The molecule has 4 heterocycles. The lowest BCUT2D eigenvalue weighted by Gasteiger charge is -2.17. The van der Waals surface area contributed by atoms with Gasteiger partial charge in [-0.05, 0) is 50.6 Å². The average Bonchev–Trinajstić information content (AvgIpc) is 3.15. The number of hydrogen-bond acceptors (Lipinski definition) is 6. The van der Waals surface area contributed by atoms with Crippen LogP contribution in [0.1, 0.15) is 17.7 Å². The number of fused-ring (bicyclic) bond motifs is 2. The molecule has 3 aromatic heterocycles. The van der Waals surface area contributed by atoms with Crippen LogP contribution in [0.3, 0.4) is 0 Å². The van der Waals surface area contributed by atoms with Crippen LogP contribution in [0.5, 0.6) is 0 Å². The third-order valence-electron chi connectivity index (χ3n) is 5.07. The van der Waals surface area contributed by atoms with Gasteiger partial charge >= 0.3 is 0 Å². The molecular weight excluding hydrogens is 375 g/mol. The van der Waals surface area contributed by atoms with E-state index in [0.717, 1.165) is 70.6 Å². The van der Waals surface area contributed by atoms with E-state index >= 15 is 0 Å². The second-order valence-electron chi connectivity index (χ2n) is 7.25. The summed E-state index contributed by atoms with van der Waals surface area (Å²) in [5.41, 5.74) is 4.69. The first-order chi connectivity index (χ1) is 13.6. The Morgan fingerprint density at radius 1 is 1.11 bits per heavy atom. The lowest BCUT2D eigenvalue weighted by Crippen LogP contribution is -2.27. The van der Waals surface area contributed by atoms with Crippen molar-refractivity contribution in [2.45, 2.75) is 20.3 Å². The molecule has 8 heteroatoms. The molecule has 1 saturated heterocycles. The van der Waals surface area contributed by atoms with Crippen molar-refractivity contribution in [1.29, 1.82) is 0 Å². The Morgan fingerprint density at radius 2 is 2.00 bits per heavy atom. The van der Waals surface area contributed by atoms with Gasteiger partial charge in [-0.15, -0.1) is 0 Å². The lowest BCUT2D eigenvalue weighted by atomic mass is 10.1. The summed E-state index contributed by atoms with van der Waals surface area (Å²) >= 11 is 1.55. The quantitative estimate of drug-likeness (QED) is 0.561. The highest BCUT2D eigenvalue weighted by Gasteiger charge is 2.18. The van der Waals surface area contributed by atoms with Gasteiger partial charge in [-0.3, -0.25) is 0 Å². The number of hydrogen-bond donors (Lipinski definition) is 1. The van der Waals surface area contributed by atoms with Crippen molar-refractivity contribution in [3.8, 4) is 11.3 Å². The van der Waals surface area contributed by atoms with Crippen molar-refractivity contribution in [2.75, 3.05) is 31.1 Å². The number of thiazole rings is 1. The summed E-state index contributed by atoms with van der Waals surface area (Å²) in [6, 6.07) is 5.49. The summed E-state index contributed by atoms with van der Waals surface area (Å²) in [7, 11) is 0. The Balaban J connectivity index is 1.59. The molecule has 1 aliphatic rings. The third-order valence-corrected chi connectivity index (χ3v) is 6.14. The van der Waals surface area contributed by atoms with Crippen LogP contribution in [0, 0.1) is 19.7 Å². The van der Waals surface area contributed by atoms with Crippen molar-refractivity contribution in [3.05, 3.63) is 41.5 Å². The zero-order valence-corrected chi connectivity index (χ0v) is 16.7. The van der Waals surface area contributed by atoms with Gasteiger partial charge in [0, 0.05) is 25.2 Å². The maximum atomic E-state index is 14.9. The van der Waals surface area contributed by atoms with Crippen LogP contribution in [0.2, 0.25) is 0 Å². The van der Waals surface area contributed by atoms with Crippen LogP contribution in [-0.4, -0.2) is 45.8 Å². The van der Waals surface area contributed by atoms with E-state index in [1.807, 2.05) is 32.2 Å². The zero-order valence-electron chi connectivity index (χ0n) is 15.9. The number of imidazole rings is 1. The van der Waals surface area contributed by atoms with E-state index in [-0.39, 0.29) is 5.82 Å². The molecule has 0 bridgehead atoms. The van der Waals surface area contributed by atoms with E-state index in [2.05, 4.69) is 25.3 Å². The molecule has 0 aliphatic carbocycles. The Hall–Kier alpha value is -2.58. The van der Waals surface area contributed by atoms with Gasteiger partial charge in [-0.1, -0.05) is 11.3 Å². The number of nitrogens with zero attached hydrogens (tertiary/aromatic N) is 5. The van der Waals surface area contributed by atoms with Crippen LogP contribution in [-0.2, 0) is 0 Å². The van der Waals surface area contributed by atoms with Gasteiger partial charge in [-0.25, -0.2) is 18.9 Å². The molecule has 1 aliphatic heterocycles. The summed E-state index contributed by atoms with van der Waals surface area (Å²) in [4.78, 5) is 11.3. The van der Waals surface area contributed by atoms with Crippen LogP contribution >= 0.6 is 11.3 Å². The number of anilines is 1. The Labute approximate surface area is 166 Å². The molecule has 0 radical (unpaired) electrons. The minimum atomic E-state index is -0.302. The van der Waals surface area contributed by atoms with E-state index in [1.165, 1.54) is 6.07 Å². The third kappa shape index (κ3) is 3.02. The van der Waals surface area contributed by atoms with Crippen LogP contribution < -0.4 is 10.2 Å². The molecule has 1 fully saturated rings. The fraction of sp³-hybridized carbons (Fsp3) is 0.350. The van der Waals surface area contributed by atoms with Crippen molar-refractivity contribution in [1.82, 2.24) is 24.9 Å². The fourth-order valence-corrected chi connectivity index (χ4v) is 4.75. The monoisotopic (exact) mass is 396 g/mol. The Morgan fingerprint density at radius 3 is 2.89 bits per heavy atom. The lowest BCUT2D eigenvalue weighted by molar-refractivity contribution is 0.637. The maximum Gasteiger partial charge on any atom is 0.186 e. The summed E-state index contributed by atoms with van der Waals surface area (Å²) in [6.45, 7) is 7.72. The number of halogens is 1. The largest absolute Gasteiger partial charge is 0.347 e. The number of aromatic nitrogens is 4. The zero-order chi connectivity index (χ0) is 19.3. The molecule has 0 spiro atoms. The molecule has 5 rings (SSSR count). The summed E-state index contributed by atoms with van der Waals surface area (Å²) < 4.78 is 17.5. The highest BCUT2D eigenvalue weighted by atomic mass is 32.1. The Bertz CT molecular complexity index is 1170. The number of nitrogens with one attached hydrogen (secondary N) is 1. The molecule has 28 heavy (non-hydrogen) atoms. The summed E-state index contributed by atoms with van der Waals surface area (Å²) in [5.74, 6) is -0.302. The summed E-state index contributed by atoms with van der Waals surface area (Å²) in [5, 5.41) is 8.92. The number of rotatable bonds is 2. The van der Waals surface area contributed by atoms with Crippen LogP contribution in [0.15, 0.2) is 24.4 Å². The molecular formula is C20H21FN6S. The molecule has 0 atom stereocenters. The molecule has 0 amide bonds. The van der Waals surface area contributed by atoms with Gasteiger partial charge in [0.15, 0.2) is 16.6 Å². The predicted octanol–water partition coefficient (Wildman–Crippen LogP) is 3.56. The average molecular weight is 396 g/mol. The van der Waals surface area contributed by atoms with E-state index in [4.69, 9.17) is 0 Å². The van der Waals surface area contributed by atoms with Gasteiger partial charge in [-0.2, -0.15) is 5.10 Å². The second kappa shape index (κ2) is 6.79. The topological polar surface area (TPSA) is 58.4 Å². The second-order valence-corrected chi connectivity index (χ2v) is 8.26.